The number of aromatic nitrogens is 5. The summed E-state index contributed by atoms with van der Waals surface area (Å²) in [7, 11) is 0. The number of halogens is 1. The van der Waals surface area contributed by atoms with Gasteiger partial charge in [-0.15, -0.1) is 11.3 Å². The standard InChI is InChI=1S/C32H26FN5S/c1-20(24-17-23(18-34-19-24)13-12-22-7-4-3-5-8-22)11-14-26-21(2)30(38-37-26)32-35-27-10-6-9-25(31(27)36-32)28-15-16-29(33)39-28/h3-11,14-19,37H,2,12-13H2,1H3,(H,35,36)/b20-11+,26-14+. The first-order valence-corrected chi connectivity index (χ1v) is 13.5. The first kappa shape index (κ1) is 24.7. The molecular formula is C32H26FN5S. The average Bonchev–Trinajstić information content (AvgIpc) is 3.69. The van der Waals surface area contributed by atoms with Gasteiger partial charge in [0, 0.05) is 28.1 Å². The van der Waals surface area contributed by atoms with Crippen molar-refractivity contribution in [3.8, 4) is 22.0 Å². The predicted molar refractivity (Wildman–Crippen MR) is 158 cm³/mol. The Hall–Kier alpha value is -4.62. The van der Waals surface area contributed by atoms with Crippen LogP contribution in [0.3, 0.4) is 0 Å². The maximum absolute atomic E-state index is 13.7. The number of para-hydroxylation sites is 1. The van der Waals surface area contributed by atoms with Gasteiger partial charge in [0.15, 0.2) is 11.0 Å². The Morgan fingerprint density at radius 2 is 1.85 bits per heavy atom. The Balaban J connectivity index is 1.25. The summed E-state index contributed by atoms with van der Waals surface area (Å²) in [5, 5.41) is 8.91. The number of benzene rings is 2. The van der Waals surface area contributed by atoms with Gasteiger partial charge in [-0.3, -0.25) is 10.1 Å². The lowest BCUT2D eigenvalue weighted by atomic mass is 10.0. The summed E-state index contributed by atoms with van der Waals surface area (Å²) >= 11 is 1.11. The Morgan fingerprint density at radius 3 is 2.67 bits per heavy atom. The molecule has 0 aliphatic heterocycles. The van der Waals surface area contributed by atoms with Crippen molar-refractivity contribution in [2.75, 3.05) is 0 Å². The van der Waals surface area contributed by atoms with Gasteiger partial charge < -0.3 is 4.98 Å². The van der Waals surface area contributed by atoms with Crippen LogP contribution in [0.4, 0.5) is 4.39 Å². The van der Waals surface area contributed by atoms with Crippen LogP contribution in [0.25, 0.3) is 51.2 Å². The van der Waals surface area contributed by atoms with Crippen LogP contribution in [0.1, 0.15) is 23.6 Å². The Bertz CT molecular complexity index is 1910. The quantitative estimate of drug-likeness (QED) is 0.254. The van der Waals surface area contributed by atoms with Gasteiger partial charge in [0.1, 0.15) is 5.69 Å². The fourth-order valence-electron chi connectivity index (χ4n) is 4.59. The lowest BCUT2D eigenvalue weighted by Crippen LogP contribution is -2.21. The first-order chi connectivity index (χ1) is 19.0. The summed E-state index contributed by atoms with van der Waals surface area (Å²) in [5.74, 6) is 0.617. The highest BCUT2D eigenvalue weighted by atomic mass is 32.1. The van der Waals surface area contributed by atoms with Crippen LogP contribution in [-0.2, 0) is 12.8 Å². The van der Waals surface area contributed by atoms with E-state index in [1.807, 2.05) is 48.8 Å². The number of H-pyrrole nitrogens is 2. The minimum absolute atomic E-state index is 0.219. The van der Waals surface area contributed by atoms with E-state index in [-0.39, 0.29) is 5.13 Å². The third-order valence-electron chi connectivity index (χ3n) is 6.77. The molecule has 6 aromatic rings. The van der Waals surface area contributed by atoms with Crippen LogP contribution in [0.2, 0.25) is 0 Å². The van der Waals surface area contributed by atoms with E-state index in [1.165, 1.54) is 17.2 Å². The fraction of sp³-hybridized carbons (Fsp3) is 0.0938. The van der Waals surface area contributed by atoms with Crippen molar-refractivity contribution in [3.63, 3.8) is 0 Å². The minimum Gasteiger partial charge on any atom is -0.337 e. The highest BCUT2D eigenvalue weighted by Gasteiger charge is 2.14. The number of pyridine rings is 1. The van der Waals surface area contributed by atoms with Crippen molar-refractivity contribution in [2.24, 2.45) is 0 Å². The number of aryl methyl sites for hydroxylation is 2. The normalized spacial score (nSPS) is 12.5. The van der Waals surface area contributed by atoms with Gasteiger partial charge in [-0.2, -0.15) is 9.49 Å². The molecule has 0 radical (unpaired) electrons. The van der Waals surface area contributed by atoms with Gasteiger partial charge in [-0.05, 0) is 72.4 Å². The molecule has 4 aromatic heterocycles. The summed E-state index contributed by atoms with van der Waals surface area (Å²) in [5.41, 5.74) is 7.87. The molecule has 0 bridgehead atoms. The number of hydrogen-bond acceptors (Lipinski definition) is 4. The van der Waals surface area contributed by atoms with Crippen LogP contribution in [-0.4, -0.2) is 25.1 Å². The molecule has 39 heavy (non-hydrogen) atoms. The average molecular weight is 532 g/mol. The maximum Gasteiger partial charge on any atom is 0.176 e. The van der Waals surface area contributed by atoms with E-state index in [1.54, 1.807) is 6.07 Å². The van der Waals surface area contributed by atoms with E-state index < -0.39 is 0 Å². The number of allylic oxidation sites excluding steroid dienone is 2. The third-order valence-corrected chi connectivity index (χ3v) is 7.68. The first-order valence-electron chi connectivity index (χ1n) is 12.7. The maximum atomic E-state index is 13.7. The minimum atomic E-state index is -0.219. The van der Waals surface area contributed by atoms with E-state index in [4.69, 9.17) is 4.98 Å². The van der Waals surface area contributed by atoms with Crippen LogP contribution < -0.4 is 10.6 Å². The monoisotopic (exact) mass is 531 g/mol. The molecule has 0 amide bonds. The van der Waals surface area contributed by atoms with Crippen molar-refractivity contribution in [1.82, 2.24) is 25.1 Å². The molecule has 0 atom stereocenters. The second-order valence-corrected chi connectivity index (χ2v) is 10.5. The molecule has 2 aromatic carbocycles. The molecule has 0 spiro atoms. The van der Waals surface area contributed by atoms with E-state index in [2.05, 4.69) is 64.0 Å². The molecule has 6 rings (SSSR count). The van der Waals surface area contributed by atoms with E-state index in [9.17, 15) is 4.39 Å². The predicted octanol–water partition coefficient (Wildman–Crippen LogP) is 6.30. The second-order valence-electron chi connectivity index (χ2n) is 9.44. The number of rotatable bonds is 7. The molecule has 0 unspecified atom stereocenters. The van der Waals surface area contributed by atoms with Gasteiger partial charge in [-0.1, -0.05) is 55.1 Å². The molecule has 192 valence electrons. The molecular weight excluding hydrogens is 505 g/mol. The summed E-state index contributed by atoms with van der Waals surface area (Å²) in [6, 6.07) is 21.8. The summed E-state index contributed by atoms with van der Waals surface area (Å²) in [6.07, 6.45) is 9.78. The number of fused-ring (bicyclic) bond motifs is 1. The van der Waals surface area contributed by atoms with Gasteiger partial charge in [0.2, 0.25) is 0 Å². The topological polar surface area (TPSA) is 70.2 Å². The highest BCUT2D eigenvalue weighted by molar-refractivity contribution is 7.14. The molecule has 2 N–H and O–H groups in total. The van der Waals surface area contributed by atoms with Crippen molar-refractivity contribution in [1.29, 1.82) is 0 Å². The highest BCUT2D eigenvalue weighted by Crippen LogP contribution is 2.33. The largest absolute Gasteiger partial charge is 0.337 e. The Kier molecular flexibility index (Phi) is 6.73. The van der Waals surface area contributed by atoms with Gasteiger partial charge in [-0.25, -0.2) is 4.98 Å². The number of thiophene rings is 1. The van der Waals surface area contributed by atoms with Crippen LogP contribution >= 0.6 is 11.3 Å². The van der Waals surface area contributed by atoms with Crippen LogP contribution in [0, 0.1) is 5.13 Å². The number of nitrogens with one attached hydrogen (secondary N) is 2. The zero-order chi connectivity index (χ0) is 26.8. The number of aromatic amines is 2. The third kappa shape index (κ3) is 5.22. The van der Waals surface area contributed by atoms with E-state index in [0.29, 0.717) is 11.5 Å². The van der Waals surface area contributed by atoms with Crippen LogP contribution in [0.15, 0.2) is 85.2 Å². The summed E-state index contributed by atoms with van der Waals surface area (Å²) in [4.78, 5) is 13.4. The molecule has 7 heteroatoms. The molecule has 0 saturated heterocycles. The Labute approximate surface area is 229 Å². The molecule has 5 nitrogen and oxygen atoms in total. The molecule has 0 aliphatic rings. The number of hydrogen-bond donors (Lipinski definition) is 2. The number of imidazole rings is 1. The molecule has 0 fully saturated rings. The Morgan fingerprint density at radius 1 is 1.00 bits per heavy atom. The van der Waals surface area contributed by atoms with Gasteiger partial charge in [0.25, 0.3) is 0 Å². The summed E-state index contributed by atoms with van der Waals surface area (Å²) < 4.78 is 13.7. The van der Waals surface area contributed by atoms with Crippen LogP contribution in [0.5, 0.6) is 0 Å². The lowest BCUT2D eigenvalue weighted by molar-refractivity contribution is 0.657. The fourth-order valence-corrected chi connectivity index (χ4v) is 5.35. The molecule has 0 saturated carbocycles. The molecule has 4 heterocycles. The SMILES string of the molecule is C=c1c(-c2nc3c(-c4ccc(F)s4)cccc3[nH]2)n[nH]/c1=C/C=C(\C)c1cncc(CCc2ccccc2)c1. The van der Waals surface area contributed by atoms with Gasteiger partial charge in [0.05, 0.1) is 16.4 Å². The van der Waals surface area contributed by atoms with E-state index >= 15 is 0 Å². The van der Waals surface area contributed by atoms with Gasteiger partial charge >= 0.3 is 0 Å². The van der Waals surface area contributed by atoms with Crippen molar-refractivity contribution in [3.05, 3.63) is 118 Å². The summed E-state index contributed by atoms with van der Waals surface area (Å²) in [6.45, 7) is 6.33. The smallest absolute Gasteiger partial charge is 0.176 e. The van der Waals surface area contributed by atoms with Crippen molar-refractivity contribution in [2.45, 2.75) is 19.8 Å². The molecule has 0 aliphatic carbocycles. The zero-order valence-corrected chi connectivity index (χ0v) is 22.2. The lowest BCUT2D eigenvalue weighted by Gasteiger charge is -2.05. The second kappa shape index (κ2) is 10.6. The zero-order valence-electron chi connectivity index (χ0n) is 21.4. The van der Waals surface area contributed by atoms with E-state index in [0.717, 1.165) is 67.4 Å². The van der Waals surface area contributed by atoms with Crippen molar-refractivity contribution >= 4 is 40.6 Å². The van der Waals surface area contributed by atoms with Crippen molar-refractivity contribution < 1.29 is 4.39 Å². The number of nitrogens with zero attached hydrogens (tertiary/aromatic N) is 3.